The number of hydrogen-bond donors (Lipinski definition) is 9. The Balaban J connectivity index is 1.83. The number of rotatable bonds is 19. The third kappa shape index (κ3) is 14.9. The predicted octanol–water partition coefficient (Wildman–Crippen LogP) is 5.95. The number of aliphatic hydroxyl groups excluding tert-OH is 4. The van der Waals surface area contributed by atoms with Crippen LogP contribution >= 0.6 is 0 Å². The quantitative estimate of drug-likeness (QED) is 0.0609. The summed E-state index contributed by atoms with van der Waals surface area (Å²) in [4.78, 5) is 12.1. The highest BCUT2D eigenvalue weighted by Crippen LogP contribution is 2.33. The smallest absolute Gasteiger partial charge is 0.303 e. The van der Waals surface area contributed by atoms with Crippen molar-refractivity contribution < 1.29 is 40.5 Å². The van der Waals surface area contributed by atoms with Gasteiger partial charge < -0.3 is 46.4 Å². The summed E-state index contributed by atoms with van der Waals surface area (Å²) in [6, 6.07) is 13.9. The van der Waals surface area contributed by atoms with Gasteiger partial charge >= 0.3 is 5.97 Å². The van der Waals surface area contributed by atoms with E-state index in [1.807, 2.05) is 30.4 Å². The molecule has 2 aliphatic rings. The van der Waals surface area contributed by atoms with Crippen LogP contribution in [0.25, 0.3) is 0 Å². The van der Waals surface area contributed by atoms with E-state index >= 15 is 0 Å². The monoisotopic (exact) mass is 803 g/mol. The van der Waals surface area contributed by atoms with Crippen molar-refractivity contribution in [2.75, 3.05) is 13.2 Å². The number of phenolic OH excluding ortho intramolecular Hbond substituents is 1. The van der Waals surface area contributed by atoms with Gasteiger partial charge in [0.1, 0.15) is 5.75 Å². The third-order valence-electron chi connectivity index (χ3n) is 12.2. The Labute approximate surface area is 346 Å². The average Bonchev–Trinajstić information content (AvgIpc) is 3.33. The van der Waals surface area contributed by atoms with E-state index in [9.17, 15) is 40.5 Å². The van der Waals surface area contributed by atoms with Gasteiger partial charge in [0.05, 0.1) is 24.4 Å². The molecule has 0 radical (unpaired) electrons. The Kier molecular flexibility index (Phi) is 19.4. The first-order valence-electron chi connectivity index (χ1n) is 21.6. The molecule has 2 aromatic carbocycles. The molecule has 0 spiro atoms. The summed E-state index contributed by atoms with van der Waals surface area (Å²) < 4.78 is 0. The van der Waals surface area contributed by atoms with Crippen molar-refractivity contribution in [3.05, 3.63) is 88.5 Å². The minimum atomic E-state index is -1.32. The van der Waals surface area contributed by atoms with Gasteiger partial charge in [-0.05, 0) is 118 Å². The first kappa shape index (κ1) is 47.2. The van der Waals surface area contributed by atoms with Crippen molar-refractivity contribution in [3.8, 4) is 17.6 Å². The van der Waals surface area contributed by atoms with Crippen LogP contribution in [0.3, 0.4) is 0 Å². The summed E-state index contributed by atoms with van der Waals surface area (Å²) in [6.07, 6.45) is 11.1. The zero-order valence-corrected chi connectivity index (χ0v) is 35.0. The fourth-order valence-corrected chi connectivity index (χ4v) is 8.84. The highest BCUT2D eigenvalue weighted by Gasteiger charge is 2.37. The lowest BCUT2D eigenvalue weighted by atomic mass is 9.79. The summed E-state index contributed by atoms with van der Waals surface area (Å²) in [5.74, 6) is 5.63. The number of aliphatic hydroxyl groups is 5. The number of carbonyl (C=O) groups is 1. The van der Waals surface area contributed by atoms with Crippen LogP contribution in [0.5, 0.6) is 5.75 Å². The molecular weight excluding hydrogens is 733 g/mol. The van der Waals surface area contributed by atoms with E-state index in [0.29, 0.717) is 44.9 Å². The van der Waals surface area contributed by atoms with Crippen molar-refractivity contribution in [1.82, 2.24) is 10.6 Å². The van der Waals surface area contributed by atoms with Crippen molar-refractivity contribution in [1.29, 1.82) is 0 Å². The van der Waals surface area contributed by atoms with Crippen LogP contribution in [0, 0.1) is 23.7 Å². The molecule has 0 aliphatic carbocycles. The molecule has 2 aliphatic heterocycles. The van der Waals surface area contributed by atoms with Crippen molar-refractivity contribution >= 4 is 5.97 Å². The number of nitrogens with one attached hydrogen (secondary N) is 2. The predicted molar refractivity (Wildman–Crippen MR) is 229 cm³/mol. The van der Waals surface area contributed by atoms with Crippen molar-refractivity contribution in [2.24, 2.45) is 11.8 Å². The number of aliphatic carboxylic acids is 1. The third-order valence-corrected chi connectivity index (χ3v) is 12.2. The number of carboxylic acid groups (broad SMARTS) is 1. The van der Waals surface area contributed by atoms with E-state index in [1.54, 1.807) is 31.2 Å². The normalized spacial score (nSPS) is 26.6. The molecule has 0 bridgehead atoms. The van der Waals surface area contributed by atoms with E-state index in [1.165, 1.54) is 0 Å². The minimum Gasteiger partial charge on any atom is -0.508 e. The zero-order chi connectivity index (χ0) is 42.1. The first-order valence-corrected chi connectivity index (χ1v) is 21.6. The number of aromatic hydroxyl groups is 1. The second-order valence-corrected chi connectivity index (χ2v) is 17.0. The SMILES string of the molecule is CCCCC[C@H](O)/C=C/C1=C(\C[C@H](O)CO)[C@H](CCC[C@H]2N[C@@H](C)CC[C@@H](CO)[C@@H]2CC(=O)O)N[C@@H]([C@@](C)(O)Cc2ccc(O)cc2)CC#Cc2ccccc2CC1. The van der Waals surface area contributed by atoms with Gasteiger partial charge in [-0.15, -0.1) is 0 Å². The lowest BCUT2D eigenvalue weighted by Crippen LogP contribution is -2.54. The Morgan fingerprint density at radius 3 is 2.47 bits per heavy atom. The molecule has 0 amide bonds. The number of hydrogen-bond acceptors (Lipinski definition) is 9. The maximum Gasteiger partial charge on any atom is 0.303 e. The van der Waals surface area contributed by atoms with Crippen molar-refractivity contribution in [3.63, 3.8) is 0 Å². The fraction of sp³-hybridized carbons (Fsp3) is 0.604. The summed E-state index contributed by atoms with van der Waals surface area (Å²) in [7, 11) is 0. The van der Waals surface area contributed by atoms with Gasteiger partial charge in [0.15, 0.2) is 0 Å². The zero-order valence-electron chi connectivity index (χ0n) is 35.0. The molecular formula is C48H70N2O8. The van der Waals surface area contributed by atoms with E-state index in [-0.39, 0.29) is 55.5 Å². The van der Waals surface area contributed by atoms with E-state index in [0.717, 1.165) is 59.9 Å². The van der Waals surface area contributed by atoms with Crippen LogP contribution in [0.1, 0.15) is 121 Å². The first-order chi connectivity index (χ1) is 27.8. The largest absolute Gasteiger partial charge is 0.508 e. The summed E-state index contributed by atoms with van der Waals surface area (Å²) in [6.45, 7) is 5.52. The van der Waals surface area contributed by atoms with Crippen LogP contribution in [-0.4, -0.2) is 96.9 Å². The highest BCUT2D eigenvalue weighted by molar-refractivity contribution is 5.67. The Morgan fingerprint density at radius 1 is 1.00 bits per heavy atom. The van der Waals surface area contributed by atoms with E-state index < -0.39 is 42.5 Å². The number of allylic oxidation sites excluding steroid dienone is 2. The topological polar surface area (TPSA) is 183 Å². The van der Waals surface area contributed by atoms with Gasteiger partial charge in [-0.25, -0.2) is 0 Å². The van der Waals surface area contributed by atoms with Crippen LogP contribution < -0.4 is 10.6 Å². The molecule has 4 rings (SSSR count). The highest BCUT2D eigenvalue weighted by atomic mass is 16.4. The van der Waals surface area contributed by atoms with Crippen molar-refractivity contribution in [2.45, 2.75) is 159 Å². The second kappa shape index (κ2) is 23.9. The Morgan fingerprint density at radius 2 is 1.76 bits per heavy atom. The molecule has 1 fully saturated rings. The molecule has 1 saturated heterocycles. The molecule has 9 N–H and O–H groups in total. The Bertz CT molecular complexity index is 1680. The number of unbranched alkanes of at least 4 members (excludes halogenated alkanes) is 2. The maximum absolute atomic E-state index is 12.4. The molecule has 10 nitrogen and oxygen atoms in total. The van der Waals surface area contributed by atoms with Crippen LogP contribution in [-0.2, 0) is 17.6 Å². The summed E-state index contributed by atoms with van der Waals surface area (Å²) in [5.41, 5.74) is 3.31. The molecule has 2 heterocycles. The van der Waals surface area contributed by atoms with Crippen LogP contribution in [0.15, 0.2) is 71.8 Å². The van der Waals surface area contributed by atoms with Gasteiger partial charge in [-0.1, -0.05) is 86.9 Å². The summed E-state index contributed by atoms with van der Waals surface area (Å²) >= 11 is 0. The van der Waals surface area contributed by atoms with Crippen LogP contribution in [0.4, 0.5) is 0 Å². The second-order valence-electron chi connectivity index (χ2n) is 17.0. The molecule has 0 saturated carbocycles. The van der Waals surface area contributed by atoms with Gasteiger partial charge in [0.2, 0.25) is 0 Å². The Hall–Kier alpha value is -3.53. The van der Waals surface area contributed by atoms with Gasteiger partial charge in [0, 0.05) is 55.6 Å². The molecule has 320 valence electrons. The number of carboxylic acids is 1. The van der Waals surface area contributed by atoms with Gasteiger partial charge in [-0.3, -0.25) is 4.79 Å². The van der Waals surface area contributed by atoms with Gasteiger partial charge in [0.25, 0.3) is 0 Å². The standard InChI is InChI=1S/C48H70N2O8/c1-4-5-6-14-39(53)27-24-37-23-22-36-12-8-7-11-35(36)13-9-17-46(48(3,58)30-34-19-25-40(54)26-20-34)50-45(42(37)28-41(55)32-52)16-10-15-44-43(29-47(56)57)38(31-51)21-18-33(2)49-44/h7-8,11-12,19-20,24-27,33,38-39,41,43-46,49-55,58H,4-6,10,14-18,21-23,28-32H2,1-3H3,(H,56,57)/b27-24+,42-37+/t33-,38-,39-,41-,43-,44+,45-,46+,48-/m0/s1. The molecule has 0 aromatic heterocycles. The fourth-order valence-electron chi connectivity index (χ4n) is 8.84. The number of fused-ring (bicyclic) bond motifs is 1. The average molecular weight is 803 g/mol. The van der Waals surface area contributed by atoms with Crippen LogP contribution in [0.2, 0.25) is 0 Å². The van der Waals surface area contributed by atoms with E-state index in [4.69, 9.17) is 0 Å². The lowest BCUT2D eigenvalue weighted by molar-refractivity contribution is -0.139. The molecule has 58 heavy (non-hydrogen) atoms. The number of aryl methyl sites for hydroxylation is 1. The maximum atomic E-state index is 12.4. The molecule has 10 heteroatoms. The number of benzene rings is 2. The minimum absolute atomic E-state index is 0.0387. The molecule has 2 aromatic rings. The molecule has 9 atom stereocenters. The lowest BCUT2D eigenvalue weighted by Gasteiger charge is -2.38. The number of phenols is 1. The van der Waals surface area contributed by atoms with E-state index in [2.05, 4.69) is 42.4 Å². The molecule has 0 unspecified atom stereocenters. The summed E-state index contributed by atoms with van der Waals surface area (Å²) in [5, 5.41) is 82.5. The van der Waals surface area contributed by atoms with Gasteiger partial charge in [-0.2, -0.15) is 0 Å².